The van der Waals surface area contributed by atoms with Gasteiger partial charge in [0.05, 0.1) is 6.10 Å². The van der Waals surface area contributed by atoms with Crippen LogP contribution in [0.25, 0.3) is 10.1 Å². The van der Waals surface area contributed by atoms with E-state index in [1.54, 1.807) is 11.3 Å². The lowest BCUT2D eigenvalue weighted by Gasteiger charge is -2.18. The summed E-state index contributed by atoms with van der Waals surface area (Å²) >= 11 is 1.62. The van der Waals surface area contributed by atoms with E-state index in [4.69, 9.17) is 0 Å². The van der Waals surface area contributed by atoms with Crippen molar-refractivity contribution in [2.45, 2.75) is 25.4 Å². The fourth-order valence-electron chi connectivity index (χ4n) is 2.74. The van der Waals surface area contributed by atoms with Crippen LogP contribution in [0.5, 0.6) is 0 Å². The number of carbonyl (C=O) groups is 1. The van der Waals surface area contributed by atoms with Gasteiger partial charge in [-0.3, -0.25) is 4.79 Å². The molecule has 2 aromatic rings. The number of rotatable bonds is 4. The zero-order chi connectivity index (χ0) is 14.7. The second-order valence-electron chi connectivity index (χ2n) is 5.43. The van der Waals surface area contributed by atoms with Gasteiger partial charge in [0.15, 0.2) is 0 Å². The van der Waals surface area contributed by atoms with Gasteiger partial charge in [0.1, 0.15) is 0 Å². The molecule has 1 amide bonds. The average molecular weight is 301 g/mol. The van der Waals surface area contributed by atoms with Crippen LogP contribution in [0, 0.1) is 5.92 Å². The second-order valence-corrected chi connectivity index (χ2v) is 6.34. The lowest BCUT2D eigenvalue weighted by molar-refractivity contribution is -0.125. The fraction of sp³-hybridized carbons (Fsp3) is 0.353. The van der Waals surface area contributed by atoms with Crippen LogP contribution in [0.4, 0.5) is 0 Å². The summed E-state index contributed by atoms with van der Waals surface area (Å²) in [5, 5.41) is 16.3. The van der Waals surface area contributed by atoms with Crippen LogP contribution in [0.15, 0.2) is 41.8 Å². The highest BCUT2D eigenvalue weighted by molar-refractivity contribution is 7.17. The lowest BCUT2D eigenvalue weighted by Crippen LogP contribution is -2.34. The van der Waals surface area contributed by atoms with E-state index in [1.165, 1.54) is 0 Å². The number of benzene rings is 1. The molecule has 1 aliphatic rings. The van der Waals surface area contributed by atoms with E-state index >= 15 is 0 Å². The molecule has 2 N–H and O–H groups in total. The molecule has 0 saturated carbocycles. The van der Waals surface area contributed by atoms with Crippen molar-refractivity contribution in [3.8, 4) is 0 Å². The Bertz CT molecular complexity index is 662. The van der Waals surface area contributed by atoms with E-state index in [0.29, 0.717) is 0 Å². The summed E-state index contributed by atoms with van der Waals surface area (Å²) in [5.74, 6) is 0.111. The predicted molar refractivity (Wildman–Crippen MR) is 86.3 cm³/mol. The van der Waals surface area contributed by atoms with Crippen molar-refractivity contribution in [2.24, 2.45) is 5.92 Å². The number of amides is 1. The Labute approximate surface area is 128 Å². The summed E-state index contributed by atoms with van der Waals surface area (Å²) in [5.41, 5.74) is 0.902. The smallest absolute Gasteiger partial charge is 0.223 e. The second kappa shape index (κ2) is 6.41. The summed E-state index contributed by atoms with van der Waals surface area (Å²) in [6.45, 7) is 0.278. The Kier molecular flexibility index (Phi) is 4.36. The van der Waals surface area contributed by atoms with Crippen LogP contribution in [-0.4, -0.2) is 17.6 Å². The van der Waals surface area contributed by atoms with E-state index in [2.05, 4.69) is 17.5 Å². The summed E-state index contributed by atoms with van der Waals surface area (Å²) in [7, 11) is 0. The maximum absolute atomic E-state index is 12.1. The first-order valence-corrected chi connectivity index (χ1v) is 8.20. The van der Waals surface area contributed by atoms with Crippen LogP contribution in [0.3, 0.4) is 0 Å². The molecule has 0 saturated heterocycles. The Morgan fingerprint density at radius 1 is 1.38 bits per heavy atom. The first-order valence-electron chi connectivity index (χ1n) is 7.32. The molecule has 0 unspecified atom stereocenters. The predicted octanol–water partition coefficient (Wildman–Crippen LogP) is 3.41. The molecule has 1 heterocycles. The molecular weight excluding hydrogens is 282 g/mol. The Balaban J connectivity index is 1.62. The van der Waals surface area contributed by atoms with Gasteiger partial charge in [-0.15, -0.1) is 11.3 Å². The quantitative estimate of drug-likeness (QED) is 0.850. The SMILES string of the molecule is O=C(NC[C@@H](O)c1csc2ccccc12)[C@H]1CC=CCC1. The third kappa shape index (κ3) is 3.17. The highest BCUT2D eigenvalue weighted by atomic mass is 32.1. The van der Waals surface area contributed by atoms with E-state index < -0.39 is 6.10 Å². The highest BCUT2D eigenvalue weighted by Gasteiger charge is 2.20. The topological polar surface area (TPSA) is 49.3 Å². The van der Waals surface area contributed by atoms with Crippen LogP contribution < -0.4 is 5.32 Å². The van der Waals surface area contributed by atoms with E-state index in [9.17, 15) is 9.90 Å². The first-order chi connectivity index (χ1) is 10.3. The fourth-order valence-corrected chi connectivity index (χ4v) is 3.75. The number of thiophene rings is 1. The molecule has 110 valence electrons. The van der Waals surface area contributed by atoms with Crippen molar-refractivity contribution >= 4 is 27.3 Å². The first kappa shape index (κ1) is 14.3. The van der Waals surface area contributed by atoms with Gasteiger partial charge in [-0.2, -0.15) is 0 Å². The molecule has 2 atom stereocenters. The van der Waals surface area contributed by atoms with Gasteiger partial charge < -0.3 is 10.4 Å². The van der Waals surface area contributed by atoms with Gasteiger partial charge in [-0.05, 0) is 36.1 Å². The number of aliphatic hydroxyl groups excluding tert-OH is 1. The Morgan fingerprint density at radius 3 is 3.05 bits per heavy atom. The number of nitrogens with one attached hydrogen (secondary N) is 1. The molecule has 0 aliphatic heterocycles. The third-order valence-corrected chi connectivity index (χ3v) is 4.96. The molecule has 0 radical (unpaired) electrons. The largest absolute Gasteiger partial charge is 0.387 e. The summed E-state index contributed by atoms with van der Waals surface area (Å²) < 4.78 is 1.16. The number of carbonyl (C=O) groups excluding carboxylic acids is 1. The minimum atomic E-state index is -0.649. The van der Waals surface area contributed by atoms with Gasteiger partial charge in [0.25, 0.3) is 0 Å². The van der Waals surface area contributed by atoms with Crippen LogP contribution >= 0.6 is 11.3 Å². The van der Waals surface area contributed by atoms with E-state index in [0.717, 1.165) is 34.9 Å². The van der Waals surface area contributed by atoms with Crippen LogP contribution in [0.2, 0.25) is 0 Å². The minimum Gasteiger partial charge on any atom is -0.387 e. The summed E-state index contributed by atoms with van der Waals surface area (Å²) in [6.07, 6.45) is 6.22. The van der Waals surface area contributed by atoms with Crippen molar-refractivity contribution in [3.63, 3.8) is 0 Å². The maximum atomic E-state index is 12.1. The summed E-state index contributed by atoms with van der Waals surface area (Å²) in [4.78, 5) is 12.1. The van der Waals surface area contributed by atoms with E-state index in [1.807, 2.05) is 29.6 Å². The zero-order valence-corrected chi connectivity index (χ0v) is 12.6. The van der Waals surface area contributed by atoms with Gasteiger partial charge in [0.2, 0.25) is 5.91 Å². The van der Waals surface area contributed by atoms with Gasteiger partial charge in [0, 0.05) is 22.7 Å². The normalized spacial score (nSPS) is 19.6. The number of allylic oxidation sites excluding steroid dienone is 2. The Hall–Kier alpha value is -1.65. The van der Waals surface area contributed by atoms with Crippen molar-refractivity contribution in [3.05, 3.63) is 47.4 Å². The average Bonchev–Trinajstić information content (AvgIpc) is 2.97. The van der Waals surface area contributed by atoms with E-state index in [-0.39, 0.29) is 18.4 Å². The standard InChI is InChI=1S/C17H19NO2S/c19-15(10-18-17(20)12-6-2-1-3-7-12)14-11-21-16-9-5-4-8-13(14)16/h1-2,4-5,8-9,11-12,15,19H,3,6-7,10H2,(H,18,20)/t12-,15+/m0/s1. The van der Waals surface area contributed by atoms with Gasteiger partial charge >= 0.3 is 0 Å². The summed E-state index contributed by atoms with van der Waals surface area (Å²) in [6, 6.07) is 8.02. The molecule has 21 heavy (non-hydrogen) atoms. The highest BCUT2D eigenvalue weighted by Crippen LogP contribution is 2.30. The van der Waals surface area contributed by atoms with Crippen LogP contribution in [0.1, 0.15) is 30.9 Å². The number of hydrogen-bond donors (Lipinski definition) is 2. The van der Waals surface area contributed by atoms with Crippen molar-refractivity contribution in [2.75, 3.05) is 6.54 Å². The molecule has 4 heteroatoms. The minimum absolute atomic E-state index is 0.0536. The van der Waals surface area contributed by atoms with Crippen LogP contribution in [-0.2, 0) is 4.79 Å². The molecule has 1 aliphatic carbocycles. The van der Waals surface area contributed by atoms with Crippen molar-refractivity contribution in [1.29, 1.82) is 0 Å². The zero-order valence-electron chi connectivity index (χ0n) is 11.8. The molecule has 3 nitrogen and oxygen atoms in total. The number of hydrogen-bond acceptors (Lipinski definition) is 3. The number of fused-ring (bicyclic) bond motifs is 1. The molecule has 1 aromatic heterocycles. The number of aliphatic hydroxyl groups is 1. The lowest BCUT2D eigenvalue weighted by atomic mass is 9.93. The molecule has 0 spiro atoms. The van der Waals surface area contributed by atoms with Crippen molar-refractivity contribution < 1.29 is 9.90 Å². The molecular formula is C17H19NO2S. The van der Waals surface area contributed by atoms with Crippen molar-refractivity contribution in [1.82, 2.24) is 5.32 Å². The molecule has 0 bridgehead atoms. The monoisotopic (exact) mass is 301 g/mol. The molecule has 1 aromatic carbocycles. The van der Waals surface area contributed by atoms with Gasteiger partial charge in [-0.1, -0.05) is 30.4 Å². The third-order valence-electron chi connectivity index (χ3n) is 3.98. The maximum Gasteiger partial charge on any atom is 0.223 e. The van der Waals surface area contributed by atoms with Gasteiger partial charge in [-0.25, -0.2) is 0 Å². The molecule has 0 fully saturated rings. The Morgan fingerprint density at radius 2 is 2.24 bits per heavy atom. The molecule has 3 rings (SSSR count).